The van der Waals surface area contributed by atoms with E-state index in [-0.39, 0.29) is 10.7 Å². The number of hydrogen-bond donors (Lipinski definition) is 0. The minimum Gasteiger partial charge on any atom is -0.386 e. The van der Waals surface area contributed by atoms with Gasteiger partial charge < -0.3 is 4.74 Å². The number of hydrogen-bond acceptors (Lipinski definition) is 4. The van der Waals surface area contributed by atoms with Crippen LogP contribution in [-0.4, -0.2) is 16.9 Å². The van der Waals surface area contributed by atoms with E-state index < -0.39 is 11.9 Å². The summed E-state index contributed by atoms with van der Waals surface area (Å²) in [6, 6.07) is 8.33. The summed E-state index contributed by atoms with van der Waals surface area (Å²) >= 11 is 5.81. The Hall–Kier alpha value is -2.20. The first-order chi connectivity index (χ1) is 10.0. The maximum absolute atomic E-state index is 12.2. The maximum Gasteiger partial charge on any atom is 0.349 e. The number of carbonyl (C=O) groups is 2. The molecule has 0 N–H and O–H groups in total. The highest BCUT2D eigenvalue weighted by Gasteiger charge is 2.20. The zero-order chi connectivity index (χ0) is 15.4. The second-order valence-electron chi connectivity index (χ2n) is 4.47. The second-order valence-corrected chi connectivity index (χ2v) is 4.83. The Morgan fingerprint density at radius 2 is 1.81 bits per heavy atom. The zero-order valence-corrected chi connectivity index (χ0v) is 12.5. The Bertz CT molecular complexity index is 698. The third-order valence-corrected chi connectivity index (χ3v) is 3.45. The van der Waals surface area contributed by atoms with Crippen molar-refractivity contribution in [3.05, 3.63) is 63.9 Å². The summed E-state index contributed by atoms with van der Waals surface area (Å²) in [5.74, 6) is -1.48. The Morgan fingerprint density at radius 3 is 2.48 bits per heavy atom. The minimum absolute atomic E-state index is 0.00950. The van der Waals surface area contributed by atoms with Gasteiger partial charge in [0.2, 0.25) is 0 Å². The van der Waals surface area contributed by atoms with Crippen molar-refractivity contribution >= 4 is 23.5 Å². The van der Waals surface area contributed by atoms with E-state index in [0.717, 1.165) is 11.1 Å². The fraction of sp³-hybridized carbons (Fsp3) is 0.188. The average molecular weight is 304 g/mol. The quantitative estimate of drug-likeness (QED) is 0.494. The molecule has 0 saturated carbocycles. The molecule has 4 nitrogen and oxygen atoms in total. The van der Waals surface area contributed by atoms with Crippen molar-refractivity contribution in [2.45, 2.75) is 20.3 Å². The van der Waals surface area contributed by atoms with Crippen LogP contribution in [-0.2, 0) is 11.2 Å². The van der Waals surface area contributed by atoms with Crippen molar-refractivity contribution in [1.82, 2.24) is 4.98 Å². The molecule has 0 aliphatic carbocycles. The lowest BCUT2D eigenvalue weighted by atomic mass is 10.00. The minimum atomic E-state index is -0.804. The van der Waals surface area contributed by atoms with Gasteiger partial charge in [-0.2, -0.15) is 0 Å². The summed E-state index contributed by atoms with van der Waals surface area (Å²) in [7, 11) is 0. The van der Waals surface area contributed by atoms with Crippen LogP contribution in [0.4, 0.5) is 0 Å². The lowest BCUT2D eigenvalue weighted by molar-refractivity contribution is 0.0397. The van der Waals surface area contributed by atoms with E-state index in [1.807, 2.05) is 19.9 Å². The van der Waals surface area contributed by atoms with Crippen LogP contribution in [0.2, 0.25) is 5.15 Å². The molecule has 0 unspecified atom stereocenters. The fourth-order valence-corrected chi connectivity index (χ4v) is 2.29. The molecule has 21 heavy (non-hydrogen) atoms. The van der Waals surface area contributed by atoms with Crippen molar-refractivity contribution in [1.29, 1.82) is 0 Å². The van der Waals surface area contributed by atoms with Crippen molar-refractivity contribution in [2.24, 2.45) is 0 Å². The molecule has 0 aliphatic heterocycles. The SMILES string of the molecule is CCc1c(C)cccc1C(=O)OC(=O)c1cccnc1Cl. The van der Waals surface area contributed by atoms with Gasteiger partial charge in [0.05, 0.1) is 11.1 Å². The zero-order valence-electron chi connectivity index (χ0n) is 11.7. The van der Waals surface area contributed by atoms with Gasteiger partial charge in [0.15, 0.2) is 0 Å². The highest BCUT2D eigenvalue weighted by atomic mass is 35.5. The molecule has 0 bridgehead atoms. The third-order valence-electron chi connectivity index (χ3n) is 3.15. The van der Waals surface area contributed by atoms with Gasteiger partial charge in [-0.3, -0.25) is 0 Å². The maximum atomic E-state index is 12.2. The number of rotatable bonds is 3. The number of nitrogens with zero attached hydrogens (tertiary/aromatic N) is 1. The average Bonchev–Trinajstić information content (AvgIpc) is 2.47. The summed E-state index contributed by atoms with van der Waals surface area (Å²) in [6.07, 6.45) is 2.13. The van der Waals surface area contributed by atoms with Crippen LogP contribution in [0.25, 0.3) is 0 Å². The van der Waals surface area contributed by atoms with Gasteiger partial charge >= 0.3 is 11.9 Å². The molecule has 0 amide bonds. The molecule has 0 radical (unpaired) electrons. The van der Waals surface area contributed by atoms with Gasteiger partial charge in [0, 0.05) is 6.20 Å². The van der Waals surface area contributed by atoms with Crippen LogP contribution in [0.1, 0.15) is 38.8 Å². The number of benzene rings is 1. The molecule has 1 heterocycles. The summed E-state index contributed by atoms with van der Waals surface area (Å²) in [6.45, 7) is 3.86. The first-order valence-electron chi connectivity index (χ1n) is 6.50. The second kappa shape index (κ2) is 6.50. The number of aryl methyl sites for hydroxylation is 1. The molecule has 0 aliphatic rings. The Labute approximate surface area is 127 Å². The Morgan fingerprint density at radius 1 is 1.14 bits per heavy atom. The van der Waals surface area contributed by atoms with Gasteiger partial charge in [0.1, 0.15) is 5.15 Å². The molecule has 5 heteroatoms. The van der Waals surface area contributed by atoms with Crippen molar-refractivity contribution in [3.8, 4) is 0 Å². The number of carbonyl (C=O) groups excluding carboxylic acids is 2. The topological polar surface area (TPSA) is 56.3 Å². The predicted molar refractivity (Wildman–Crippen MR) is 79.6 cm³/mol. The summed E-state index contributed by atoms with van der Waals surface area (Å²) in [4.78, 5) is 27.9. The van der Waals surface area contributed by atoms with Gasteiger partial charge in [-0.25, -0.2) is 14.6 Å². The first-order valence-corrected chi connectivity index (χ1v) is 6.88. The Kier molecular flexibility index (Phi) is 4.70. The number of ether oxygens (including phenoxy) is 1. The van der Waals surface area contributed by atoms with E-state index in [9.17, 15) is 9.59 Å². The molecule has 0 fully saturated rings. The lowest BCUT2D eigenvalue weighted by Gasteiger charge is -2.10. The smallest absolute Gasteiger partial charge is 0.349 e. The van der Waals surface area contributed by atoms with Crippen molar-refractivity contribution in [3.63, 3.8) is 0 Å². The van der Waals surface area contributed by atoms with Crippen LogP contribution in [0.5, 0.6) is 0 Å². The molecule has 0 saturated heterocycles. The summed E-state index contributed by atoms with van der Waals surface area (Å²) in [5.41, 5.74) is 2.32. The van der Waals surface area contributed by atoms with Gasteiger partial charge in [-0.05, 0) is 42.7 Å². The standard InChI is InChI=1S/C16H14ClNO3/c1-3-11-10(2)6-4-7-12(11)15(19)21-16(20)13-8-5-9-18-14(13)17/h4-9H,3H2,1-2H3. The molecule has 0 spiro atoms. The van der Waals surface area contributed by atoms with E-state index in [1.165, 1.54) is 12.3 Å². The Balaban J connectivity index is 2.25. The number of pyridine rings is 1. The molecular weight excluding hydrogens is 290 g/mol. The lowest BCUT2D eigenvalue weighted by Crippen LogP contribution is -2.15. The van der Waals surface area contributed by atoms with Crippen molar-refractivity contribution < 1.29 is 14.3 Å². The third kappa shape index (κ3) is 3.28. The summed E-state index contributed by atoms with van der Waals surface area (Å²) in [5, 5.41) is 0.00950. The molecule has 0 atom stereocenters. The number of esters is 2. The van der Waals surface area contributed by atoms with Gasteiger partial charge in [-0.1, -0.05) is 30.7 Å². The first kappa shape index (κ1) is 15.2. The van der Waals surface area contributed by atoms with E-state index in [4.69, 9.17) is 16.3 Å². The highest BCUT2D eigenvalue weighted by Crippen LogP contribution is 2.18. The van der Waals surface area contributed by atoms with E-state index in [1.54, 1.807) is 18.2 Å². The van der Waals surface area contributed by atoms with Crippen molar-refractivity contribution in [2.75, 3.05) is 0 Å². The largest absolute Gasteiger partial charge is 0.386 e. The van der Waals surface area contributed by atoms with Gasteiger partial charge in [0.25, 0.3) is 0 Å². The molecule has 108 valence electrons. The monoisotopic (exact) mass is 303 g/mol. The van der Waals surface area contributed by atoms with Crippen LogP contribution >= 0.6 is 11.6 Å². The molecule has 2 aromatic rings. The molecular formula is C16H14ClNO3. The number of halogens is 1. The van der Waals surface area contributed by atoms with Crippen LogP contribution < -0.4 is 0 Å². The van der Waals surface area contributed by atoms with Crippen LogP contribution in [0, 0.1) is 6.92 Å². The molecule has 1 aromatic heterocycles. The van der Waals surface area contributed by atoms with Crippen LogP contribution in [0.3, 0.4) is 0 Å². The highest BCUT2D eigenvalue weighted by molar-refractivity contribution is 6.32. The van der Waals surface area contributed by atoms with E-state index >= 15 is 0 Å². The number of aromatic nitrogens is 1. The fourth-order valence-electron chi connectivity index (χ4n) is 2.10. The van der Waals surface area contributed by atoms with Crippen LogP contribution in [0.15, 0.2) is 36.5 Å². The van der Waals surface area contributed by atoms with E-state index in [0.29, 0.717) is 12.0 Å². The molecule has 2 rings (SSSR count). The predicted octanol–water partition coefficient (Wildman–Crippen LogP) is 3.60. The van der Waals surface area contributed by atoms with E-state index in [2.05, 4.69) is 4.98 Å². The van der Waals surface area contributed by atoms with Gasteiger partial charge in [-0.15, -0.1) is 0 Å². The normalized spacial score (nSPS) is 10.2. The summed E-state index contributed by atoms with van der Waals surface area (Å²) < 4.78 is 4.90. The molecule has 1 aromatic carbocycles.